The van der Waals surface area contributed by atoms with Crippen molar-refractivity contribution in [1.29, 1.82) is 0 Å². The molecule has 7 nitrogen and oxygen atoms in total. The molecule has 0 amide bonds. The van der Waals surface area contributed by atoms with Crippen LogP contribution in [0, 0.1) is 6.92 Å². The Kier molecular flexibility index (Phi) is 3.71. The summed E-state index contributed by atoms with van der Waals surface area (Å²) in [6.07, 6.45) is 2.50. The quantitative estimate of drug-likeness (QED) is 0.805. The van der Waals surface area contributed by atoms with Crippen molar-refractivity contribution in [2.75, 3.05) is 24.2 Å². The van der Waals surface area contributed by atoms with Crippen LogP contribution in [0.25, 0.3) is 0 Å². The van der Waals surface area contributed by atoms with E-state index in [1.807, 2.05) is 24.6 Å². The van der Waals surface area contributed by atoms with E-state index in [1.165, 1.54) is 0 Å². The van der Waals surface area contributed by atoms with Crippen LogP contribution >= 0.6 is 0 Å². The minimum absolute atomic E-state index is 0.621. The number of nitrogens with one attached hydrogen (secondary N) is 2. The van der Waals surface area contributed by atoms with E-state index in [2.05, 4.69) is 30.8 Å². The third-order valence-corrected chi connectivity index (χ3v) is 2.54. The minimum Gasteiger partial charge on any atom is -0.369 e. The SMILES string of the molecule is CNc1nc(C)cc(NCCc2nncn2C)n1. The van der Waals surface area contributed by atoms with Gasteiger partial charge >= 0.3 is 0 Å². The Bertz CT molecular complexity index is 520. The molecule has 18 heavy (non-hydrogen) atoms. The van der Waals surface area contributed by atoms with Crippen LogP contribution in [0.5, 0.6) is 0 Å². The molecule has 0 spiro atoms. The van der Waals surface area contributed by atoms with Gasteiger partial charge in [0, 0.05) is 38.8 Å². The average molecular weight is 247 g/mol. The molecule has 0 aromatic carbocycles. The van der Waals surface area contributed by atoms with E-state index in [0.29, 0.717) is 5.95 Å². The highest BCUT2D eigenvalue weighted by Crippen LogP contribution is 2.08. The Morgan fingerprint density at radius 3 is 2.83 bits per heavy atom. The van der Waals surface area contributed by atoms with Crippen molar-refractivity contribution in [3.8, 4) is 0 Å². The summed E-state index contributed by atoms with van der Waals surface area (Å²) < 4.78 is 1.91. The molecular formula is C11H17N7. The molecule has 0 unspecified atom stereocenters. The fourth-order valence-corrected chi connectivity index (χ4v) is 1.61. The van der Waals surface area contributed by atoms with Crippen LogP contribution in [0.3, 0.4) is 0 Å². The molecule has 0 fully saturated rings. The number of rotatable bonds is 5. The Hall–Kier alpha value is -2.18. The van der Waals surface area contributed by atoms with Crippen molar-refractivity contribution in [2.24, 2.45) is 7.05 Å². The normalized spacial score (nSPS) is 10.4. The zero-order chi connectivity index (χ0) is 13.0. The first-order valence-corrected chi connectivity index (χ1v) is 5.79. The van der Waals surface area contributed by atoms with Gasteiger partial charge in [0.05, 0.1) is 0 Å². The van der Waals surface area contributed by atoms with E-state index in [4.69, 9.17) is 0 Å². The first-order valence-electron chi connectivity index (χ1n) is 5.79. The van der Waals surface area contributed by atoms with Crippen LogP contribution in [-0.4, -0.2) is 38.3 Å². The summed E-state index contributed by atoms with van der Waals surface area (Å²) in [5.41, 5.74) is 0.926. The van der Waals surface area contributed by atoms with Crippen molar-refractivity contribution in [2.45, 2.75) is 13.3 Å². The molecule has 2 aromatic rings. The van der Waals surface area contributed by atoms with Gasteiger partial charge in [0.15, 0.2) is 0 Å². The molecule has 0 saturated heterocycles. The third kappa shape index (κ3) is 2.93. The van der Waals surface area contributed by atoms with Crippen molar-refractivity contribution in [3.63, 3.8) is 0 Å². The van der Waals surface area contributed by atoms with Crippen molar-refractivity contribution in [1.82, 2.24) is 24.7 Å². The molecule has 0 bridgehead atoms. The molecule has 0 atom stereocenters. The molecule has 2 rings (SSSR count). The lowest BCUT2D eigenvalue weighted by molar-refractivity contribution is 0.787. The van der Waals surface area contributed by atoms with E-state index in [0.717, 1.165) is 30.3 Å². The van der Waals surface area contributed by atoms with Crippen molar-refractivity contribution < 1.29 is 0 Å². The maximum Gasteiger partial charge on any atom is 0.224 e. The van der Waals surface area contributed by atoms with Gasteiger partial charge in [0.1, 0.15) is 18.0 Å². The first kappa shape index (κ1) is 12.3. The Balaban J connectivity index is 1.94. The predicted molar refractivity (Wildman–Crippen MR) is 69.5 cm³/mol. The van der Waals surface area contributed by atoms with Crippen LogP contribution in [0.1, 0.15) is 11.5 Å². The molecule has 2 N–H and O–H groups in total. The second-order valence-corrected chi connectivity index (χ2v) is 4.00. The van der Waals surface area contributed by atoms with Crippen LogP contribution in [0.4, 0.5) is 11.8 Å². The lowest BCUT2D eigenvalue weighted by Gasteiger charge is -2.07. The minimum atomic E-state index is 0.621. The number of anilines is 2. The topological polar surface area (TPSA) is 80.5 Å². The van der Waals surface area contributed by atoms with E-state index in [9.17, 15) is 0 Å². The number of aryl methyl sites for hydroxylation is 2. The zero-order valence-electron chi connectivity index (χ0n) is 10.8. The molecule has 0 aliphatic heterocycles. The molecule has 0 radical (unpaired) electrons. The van der Waals surface area contributed by atoms with Crippen molar-refractivity contribution in [3.05, 3.63) is 23.9 Å². The highest BCUT2D eigenvalue weighted by molar-refractivity contribution is 5.41. The molecular weight excluding hydrogens is 230 g/mol. The summed E-state index contributed by atoms with van der Waals surface area (Å²) in [6.45, 7) is 2.70. The summed E-state index contributed by atoms with van der Waals surface area (Å²) in [4.78, 5) is 8.55. The second kappa shape index (κ2) is 5.44. The van der Waals surface area contributed by atoms with E-state index < -0.39 is 0 Å². The van der Waals surface area contributed by atoms with Crippen LogP contribution in [-0.2, 0) is 13.5 Å². The molecule has 7 heteroatoms. The monoisotopic (exact) mass is 247 g/mol. The maximum atomic E-state index is 4.32. The molecule has 0 saturated carbocycles. The maximum absolute atomic E-state index is 4.32. The van der Waals surface area contributed by atoms with Gasteiger partial charge in [-0.3, -0.25) is 0 Å². The van der Waals surface area contributed by atoms with Crippen LogP contribution < -0.4 is 10.6 Å². The number of hydrogen-bond acceptors (Lipinski definition) is 6. The molecule has 2 heterocycles. The fourth-order valence-electron chi connectivity index (χ4n) is 1.61. The van der Waals surface area contributed by atoms with E-state index >= 15 is 0 Å². The van der Waals surface area contributed by atoms with Gasteiger partial charge in [-0.1, -0.05) is 0 Å². The van der Waals surface area contributed by atoms with Crippen LogP contribution in [0.2, 0.25) is 0 Å². The standard InChI is InChI=1S/C11H17N7/c1-8-6-9(16-11(12-2)15-8)13-5-4-10-17-14-7-18(10)3/h6-7H,4-5H2,1-3H3,(H2,12,13,15,16). The van der Waals surface area contributed by atoms with Gasteiger partial charge in [0.25, 0.3) is 0 Å². The summed E-state index contributed by atoms with van der Waals surface area (Å²) in [7, 11) is 3.74. The Labute approximate surface area is 106 Å². The third-order valence-electron chi connectivity index (χ3n) is 2.54. The van der Waals surface area contributed by atoms with Gasteiger partial charge in [-0.25, -0.2) is 4.98 Å². The van der Waals surface area contributed by atoms with Crippen molar-refractivity contribution >= 4 is 11.8 Å². The Morgan fingerprint density at radius 1 is 1.33 bits per heavy atom. The van der Waals surface area contributed by atoms with Gasteiger partial charge in [0.2, 0.25) is 5.95 Å². The van der Waals surface area contributed by atoms with E-state index in [1.54, 1.807) is 13.4 Å². The molecule has 0 aliphatic carbocycles. The first-order chi connectivity index (χ1) is 8.69. The van der Waals surface area contributed by atoms with Gasteiger partial charge in [-0.05, 0) is 6.92 Å². The van der Waals surface area contributed by atoms with Crippen LogP contribution in [0.15, 0.2) is 12.4 Å². The van der Waals surface area contributed by atoms with E-state index in [-0.39, 0.29) is 0 Å². The summed E-state index contributed by atoms with van der Waals surface area (Å²) in [5.74, 6) is 2.38. The highest BCUT2D eigenvalue weighted by Gasteiger charge is 2.02. The smallest absolute Gasteiger partial charge is 0.224 e. The fraction of sp³-hybridized carbons (Fsp3) is 0.455. The Morgan fingerprint density at radius 2 is 2.17 bits per heavy atom. The van der Waals surface area contributed by atoms with Gasteiger partial charge in [-0.2, -0.15) is 4.98 Å². The highest BCUT2D eigenvalue weighted by atomic mass is 15.2. The molecule has 0 aliphatic rings. The lowest BCUT2D eigenvalue weighted by Crippen LogP contribution is -2.11. The number of aromatic nitrogens is 5. The summed E-state index contributed by atoms with van der Waals surface area (Å²) in [6, 6.07) is 1.91. The van der Waals surface area contributed by atoms with Gasteiger partial charge < -0.3 is 15.2 Å². The molecule has 2 aromatic heterocycles. The summed E-state index contributed by atoms with van der Waals surface area (Å²) in [5, 5.41) is 14.1. The largest absolute Gasteiger partial charge is 0.369 e. The predicted octanol–water partition coefficient (Wildman–Crippen LogP) is 0.610. The summed E-state index contributed by atoms with van der Waals surface area (Å²) >= 11 is 0. The second-order valence-electron chi connectivity index (χ2n) is 4.00. The molecule has 96 valence electrons. The number of hydrogen-bond donors (Lipinski definition) is 2. The average Bonchev–Trinajstić information content (AvgIpc) is 2.74. The van der Waals surface area contributed by atoms with Gasteiger partial charge in [-0.15, -0.1) is 10.2 Å². The number of nitrogens with zero attached hydrogens (tertiary/aromatic N) is 5. The lowest BCUT2D eigenvalue weighted by atomic mass is 10.3. The zero-order valence-corrected chi connectivity index (χ0v) is 10.8.